The average molecular weight is 490 g/mol. The van der Waals surface area contributed by atoms with Crippen molar-refractivity contribution >= 4 is 33.5 Å². The fraction of sp³-hybridized carbons (Fsp3) is 0.333. The van der Waals surface area contributed by atoms with Crippen molar-refractivity contribution in [2.24, 2.45) is 7.05 Å². The predicted molar refractivity (Wildman–Crippen MR) is 116 cm³/mol. The van der Waals surface area contributed by atoms with Crippen molar-refractivity contribution in [3.63, 3.8) is 0 Å². The highest BCUT2D eigenvalue weighted by atomic mass is 79.9. The van der Waals surface area contributed by atoms with Crippen LogP contribution < -0.4 is 9.64 Å². The van der Waals surface area contributed by atoms with Gasteiger partial charge in [-0.1, -0.05) is 15.9 Å². The van der Waals surface area contributed by atoms with Gasteiger partial charge in [-0.15, -0.1) is 0 Å². The SMILES string of the molecule is CC1Oc2c(F)cc(Br)cc2N(C(=O)OC(C)(C)C)c2ncnc(-c3cnn(C)c3)c21. The molecule has 1 aliphatic heterocycles. The van der Waals surface area contributed by atoms with Crippen molar-refractivity contribution in [2.45, 2.75) is 39.4 Å². The van der Waals surface area contributed by atoms with E-state index in [0.29, 0.717) is 21.3 Å². The minimum Gasteiger partial charge on any atom is -0.480 e. The number of carbonyl (C=O) groups excluding carboxylic acids is 1. The number of fused-ring (bicyclic) bond motifs is 2. The van der Waals surface area contributed by atoms with E-state index in [1.165, 1.54) is 17.3 Å². The molecule has 2 aromatic heterocycles. The summed E-state index contributed by atoms with van der Waals surface area (Å²) in [7, 11) is 1.79. The Morgan fingerprint density at radius 2 is 2.03 bits per heavy atom. The number of anilines is 2. The van der Waals surface area contributed by atoms with Crippen LogP contribution in [0.3, 0.4) is 0 Å². The van der Waals surface area contributed by atoms with E-state index in [1.807, 2.05) is 0 Å². The normalized spacial score (nSPS) is 15.6. The van der Waals surface area contributed by atoms with Crippen molar-refractivity contribution in [1.29, 1.82) is 0 Å². The summed E-state index contributed by atoms with van der Waals surface area (Å²) < 4.78 is 28.6. The van der Waals surface area contributed by atoms with Crippen LogP contribution in [0.15, 0.2) is 35.3 Å². The van der Waals surface area contributed by atoms with Crippen LogP contribution in [-0.4, -0.2) is 31.4 Å². The summed E-state index contributed by atoms with van der Waals surface area (Å²) in [4.78, 5) is 23.3. The van der Waals surface area contributed by atoms with Crippen LogP contribution >= 0.6 is 15.9 Å². The number of ether oxygens (including phenoxy) is 2. The monoisotopic (exact) mass is 489 g/mol. The average Bonchev–Trinajstić information content (AvgIpc) is 3.03. The Morgan fingerprint density at radius 1 is 1.29 bits per heavy atom. The van der Waals surface area contributed by atoms with Gasteiger partial charge < -0.3 is 9.47 Å². The molecule has 10 heteroatoms. The topological polar surface area (TPSA) is 82.4 Å². The van der Waals surface area contributed by atoms with Gasteiger partial charge in [0.25, 0.3) is 0 Å². The van der Waals surface area contributed by atoms with E-state index in [4.69, 9.17) is 9.47 Å². The third-order valence-corrected chi connectivity index (χ3v) is 5.02. The number of carbonyl (C=O) groups is 1. The summed E-state index contributed by atoms with van der Waals surface area (Å²) in [5, 5.41) is 4.20. The van der Waals surface area contributed by atoms with Gasteiger partial charge in [0.05, 0.1) is 17.5 Å². The number of nitrogens with zero attached hydrogens (tertiary/aromatic N) is 5. The van der Waals surface area contributed by atoms with Crippen LogP contribution in [-0.2, 0) is 11.8 Å². The first-order valence-corrected chi connectivity index (χ1v) is 10.4. The summed E-state index contributed by atoms with van der Waals surface area (Å²) in [6.45, 7) is 7.02. The molecule has 0 bridgehead atoms. The fourth-order valence-electron chi connectivity index (χ4n) is 3.38. The van der Waals surface area contributed by atoms with Gasteiger partial charge in [0.15, 0.2) is 17.4 Å². The van der Waals surface area contributed by atoms with Gasteiger partial charge >= 0.3 is 6.09 Å². The Balaban J connectivity index is 2.00. The van der Waals surface area contributed by atoms with E-state index >= 15 is 0 Å². The lowest BCUT2D eigenvalue weighted by Crippen LogP contribution is -2.34. The summed E-state index contributed by atoms with van der Waals surface area (Å²) in [5.41, 5.74) is 1.18. The Morgan fingerprint density at radius 3 is 2.68 bits per heavy atom. The molecular weight excluding hydrogens is 469 g/mol. The molecule has 1 aromatic carbocycles. The van der Waals surface area contributed by atoms with Gasteiger partial charge in [-0.3, -0.25) is 4.68 Å². The summed E-state index contributed by atoms with van der Waals surface area (Å²) in [6, 6.07) is 2.87. The van der Waals surface area contributed by atoms with Crippen molar-refractivity contribution in [2.75, 3.05) is 4.90 Å². The quantitative estimate of drug-likeness (QED) is 0.460. The molecule has 0 aliphatic carbocycles. The van der Waals surface area contributed by atoms with E-state index in [1.54, 1.807) is 57.9 Å². The fourth-order valence-corrected chi connectivity index (χ4v) is 3.80. The molecule has 1 atom stereocenters. The van der Waals surface area contributed by atoms with Crippen molar-refractivity contribution in [3.8, 4) is 17.0 Å². The van der Waals surface area contributed by atoms with Crippen LogP contribution in [0.25, 0.3) is 11.3 Å². The number of aryl methyl sites for hydroxylation is 1. The van der Waals surface area contributed by atoms with Crippen molar-refractivity contribution in [1.82, 2.24) is 19.7 Å². The van der Waals surface area contributed by atoms with Gasteiger partial charge in [0.2, 0.25) is 0 Å². The lowest BCUT2D eigenvalue weighted by Gasteiger charge is -2.27. The van der Waals surface area contributed by atoms with Gasteiger partial charge in [-0.05, 0) is 39.8 Å². The lowest BCUT2D eigenvalue weighted by molar-refractivity contribution is 0.0598. The van der Waals surface area contributed by atoms with Crippen LogP contribution in [0.1, 0.15) is 39.4 Å². The van der Waals surface area contributed by atoms with E-state index in [9.17, 15) is 9.18 Å². The van der Waals surface area contributed by atoms with Crippen molar-refractivity contribution < 1.29 is 18.7 Å². The van der Waals surface area contributed by atoms with Gasteiger partial charge in [-0.25, -0.2) is 24.1 Å². The second-order valence-electron chi connectivity index (χ2n) is 8.17. The molecule has 0 saturated heterocycles. The van der Waals surface area contributed by atoms with Crippen LogP contribution in [0, 0.1) is 5.82 Å². The van der Waals surface area contributed by atoms with Gasteiger partial charge in [-0.2, -0.15) is 5.10 Å². The first kappa shape index (κ1) is 21.2. The predicted octanol–water partition coefficient (Wildman–Crippen LogP) is 5.31. The van der Waals surface area contributed by atoms with Crippen LogP contribution in [0.5, 0.6) is 5.75 Å². The van der Waals surface area contributed by atoms with Gasteiger partial charge in [0, 0.05) is 23.3 Å². The smallest absolute Gasteiger partial charge is 0.420 e. The zero-order chi connectivity index (χ0) is 22.5. The second kappa shape index (κ2) is 7.60. The number of hydrogen-bond donors (Lipinski definition) is 0. The third kappa shape index (κ3) is 3.99. The largest absolute Gasteiger partial charge is 0.480 e. The summed E-state index contributed by atoms with van der Waals surface area (Å²) in [6.07, 6.45) is 3.43. The molecule has 1 aliphatic rings. The molecule has 1 amide bonds. The minimum absolute atomic E-state index is 0.0725. The number of rotatable bonds is 1. The van der Waals surface area contributed by atoms with Crippen LogP contribution in [0.2, 0.25) is 0 Å². The highest BCUT2D eigenvalue weighted by Crippen LogP contribution is 2.47. The van der Waals surface area contributed by atoms with E-state index in [-0.39, 0.29) is 17.3 Å². The number of hydrogen-bond acceptors (Lipinski definition) is 6. The van der Waals surface area contributed by atoms with E-state index in [2.05, 4.69) is 31.0 Å². The highest BCUT2D eigenvalue weighted by molar-refractivity contribution is 9.10. The Bertz CT molecular complexity index is 1170. The molecule has 0 radical (unpaired) electrons. The second-order valence-corrected chi connectivity index (χ2v) is 9.09. The molecule has 162 valence electrons. The minimum atomic E-state index is -0.778. The molecule has 3 aromatic rings. The first-order valence-electron chi connectivity index (χ1n) is 9.58. The van der Waals surface area contributed by atoms with Gasteiger partial charge in [0.1, 0.15) is 23.7 Å². The Hall–Kier alpha value is -3.01. The molecule has 0 N–H and O–H groups in total. The number of benzene rings is 1. The van der Waals surface area contributed by atoms with E-state index < -0.39 is 23.6 Å². The zero-order valence-electron chi connectivity index (χ0n) is 17.7. The number of halogens is 2. The maximum absolute atomic E-state index is 14.9. The number of amides is 1. The molecule has 3 heterocycles. The molecular formula is C21H21BrFN5O3. The molecule has 0 spiro atoms. The maximum Gasteiger partial charge on any atom is 0.420 e. The van der Waals surface area contributed by atoms with Crippen molar-refractivity contribution in [3.05, 3.63) is 46.7 Å². The standard InChI is InChI=1S/C21H21BrFN5O3/c1-11-16-17(12-8-26-27(5)9-12)24-10-25-19(16)28(20(29)31-21(2,3)4)15-7-13(22)6-14(23)18(15)30-11/h6-11H,1-5H3. The Labute approximate surface area is 187 Å². The summed E-state index contributed by atoms with van der Waals surface area (Å²) in [5.74, 6) is -0.433. The molecule has 0 fully saturated rings. The Kier molecular flexibility index (Phi) is 5.20. The summed E-state index contributed by atoms with van der Waals surface area (Å²) >= 11 is 3.30. The lowest BCUT2D eigenvalue weighted by atomic mass is 10.0. The third-order valence-electron chi connectivity index (χ3n) is 4.56. The zero-order valence-corrected chi connectivity index (χ0v) is 19.3. The first-order chi connectivity index (χ1) is 14.5. The molecule has 4 rings (SSSR count). The molecule has 8 nitrogen and oxygen atoms in total. The van der Waals surface area contributed by atoms with Crippen LogP contribution in [0.4, 0.5) is 20.7 Å². The maximum atomic E-state index is 14.9. The molecule has 31 heavy (non-hydrogen) atoms. The van der Waals surface area contributed by atoms with E-state index in [0.717, 1.165) is 0 Å². The molecule has 1 unspecified atom stereocenters. The molecule has 0 saturated carbocycles. The highest BCUT2D eigenvalue weighted by Gasteiger charge is 2.37. The number of aromatic nitrogens is 4.